The van der Waals surface area contributed by atoms with Crippen LogP contribution >= 0.6 is 11.8 Å². The fourth-order valence-electron chi connectivity index (χ4n) is 3.33. The number of hydrogen-bond donors (Lipinski definition) is 0. The molecule has 1 spiro atoms. The molecule has 0 amide bonds. The highest BCUT2D eigenvalue weighted by atomic mass is 32.2. The molecule has 1 aliphatic carbocycles. The minimum atomic E-state index is -6.89. The van der Waals surface area contributed by atoms with E-state index >= 15 is 0 Å². The molecule has 0 aromatic carbocycles. The third-order valence-corrected chi connectivity index (χ3v) is 6.37. The molecule has 1 aliphatic heterocycles. The molecule has 0 bridgehead atoms. The van der Waals surface area contributed by atoms with E-state index in [0.717, 1.165) is 0 Å². The minimum absolute atomic E-state index is 0.297. The number of nitriles is 1. The summed E-state index contributed by atoms with van der Waals surface area (Å²) in [7, 11) is 0. The van der Waals surface area contributed by atoms with Gasteiger partial charge in [-0.15, -0.1) is 11.8 Å². The van der Waals surface area contributed by atoms with E-state index in [1.807, 2.05) is 6.07 Å². The summed E-state index contributed by atoms with van der Waals surface area (Å²) >= 11 is 0.538. The highest BCUT2D eigenvalue weighted by Gasteiger charge is 2.81. The number of hydrogen-bond acceptors (Lipinski definition) is 4. The first-order chi connectivity index (χ1) is 13.2. The maximum absolute atomic E-state index is 13.6. The van der Waals surface area contributed by atoms with Gasteiger partial charge >= 0.3 is 23.9 Å². The second-order valence-corrected chi connectivity index (χ2v) is 8.22. The molecular formula is C16H18F9NO2S. The van der Waals surface area contributed by atoms with Crippen LogP contribution in [0.25, 0.3) is 0 Å². The molecule has 13 heteroatoms. The van der Waals surface area contributed by atoms with Gasteiger partial charge in [0.2, 0.25) is 0 Å². The van der Waals surface area contributed by atoms with Crippen molar-refractivity contribution in [2.75, 3.05) is 19.0 Å². The van der Waals surface area contributed by atoms with E-state index in [0.29, 0.717) is 50.7 Å². The zero-order valence-corrected chi connectivity index (χ0v) is 15.7. The van der Waals surface area contributed by atoms with Crippen molar-refractivity contribution in [3.63, 3.8) is 0 Å². The molecule has 168 valence electrons. The SMILES string of the molecule is N#CC(SCCC(F)(F)C(F)(F)C(F)(F)C(F)(F)F)C1CCC2(CC1)OCCO2. The molecule has 29 heavy (non-hydrogen) atoms. The van der Waals surface area contributed by atoms with Gasteiger partial charge in [0.1, 0.15) is 0 Å². The van der Waals surface area contributed by atoms with Gasteiger partial charge in [0.25, 0.3) is 0 Å². The van der Waals surface area contributed by atoms with Gasteiger partial charge in [0, 0.05) is 25.0 Å². The van der Waals surface area contributed by atoms with Crippen molar-refractivity contribution < 1.29 is 49.0 Å². The van der Waals surface area contributed by atoms with Crippen molar-refractivity contribution >= 4 is 11.8 Å². The molecule has 0 aromatic heterocycles. The van der Waals surface area contributed by atoms with Crippen LogP contribution in [-0.4, -0.2) is 53.9 Å². The Hall–Kier alpha value is -0.870. The summed E-state index contributed by atoms with van der Waals surface area (Å²) in [6.07, 6.45) is -7.00. The predicted octanol–water partition coefficient (Wildman–Crippen LogP) is 5.40. The Morgan fingerprint density at radius 2 is 1.45 bits per heavy atom. The van der Waals surface area contributed by atoms with Gasteiger partial charge in [-0.3, -0.25) is 0 Å². The predicted molar refractivity (Wildman–Crippen MR) is 84.0 cm³/mol. The monoisotopic (exact) mass is 459 g/mol. The summed E-state index contributed by atoms with van der Waals surface area (Å²) in [6, 6.07) is 1.85. The van der Waals surface area contributed by atoms with Crippen LogP contribution in [0.2, 0.25) is 0 Å². The second-order valence-electron chi connectivity index (χ2n) is 6.97. The Morgan fingerprint density at radius 1 is 0.931 bits per heavy atom. The summed E-state index contributed by atoms with van der Waals surface area (Å²) in [6.45, 7) is 0.847. The van der Waals surface area contributed by atoms with Gasteiger partial charge in [0.05, 0.1) is 24.5 Å². The lowest BCUT2D eigenvalue weighted by Gasteiger charge is -2.37. The molecule has 1 heterocycles. The molecular weight excluding hydrogens is 441 g/mol. The average Bonchev–Trinajstić information content (AvgIpc) is 3.06. The van der Waals surface area contributed by atoms with E-state index in [1.54, 1.807) is 0 Å². The Labute approximate surface area is 164 Å². The first-order valence-electron chi connectivity index (χ1n) is 8.68. The lowest BCUT2D eigenvalue weighted by molar-refractivity contribution is -0.396. The van der Waals surface area contributed by atoms with Crippen molar-refractivity contribution in [2.45, 2.75) is 67.1 Å². The van der Waals surface area contributed by atoms with E-state index in [2.05, 4.69) is 0 Å². The first kappa shape index (κ1) is 24.4. The highest BCUT2D eigenvalue weighted by molar-refractivity contribution is 8.00. The van der Waals surface area contributed by atoms with E-state index in [9.17, 15) is 44.8 Å². The van der Waals surface area contributed by atoms with Gasteiger partial charge in [-0.1, -0.05) is 0 Å². The summed E-state index contributed by atoms with van der Waals surface area (Å²) in [4.78, 5) is 0. The lowest BCUT2D eigenvalue weighted by Crippen LogP contribution is -2.60. The van der Waals surface area contributed by atoms with Crippen LogP contribution in [0.1, 0.15) is 32.1 Å². The Bertz CT molecular complexity index is 604. The molecule has 0 N–H and O–H groups in total. The Morgan fingerprint density at radius 3 is 1.90 bits per heavy atom. The maximum atomic E-state index is 13.6. The third-order valence-electron chi connectivity index (χ3n) is 5.08. The largest absolute Gasteiger partial charge is 0.460 e. The average molecular weight is 459 g/mol. The van der Waals surface area contributed by atoms with Crippen LogP contribution < -0.4 is 0 Å². The van der Waals surface area contributed by atoms with Gasteiger partial charge in [-0.2, -0.15) is 44.8 Å². The van der Waals surface area contributed by atoms with Crippen molar-refractivity contribution in [3.8, 4) is 6.07 Å². The van der Waals surface area contributed by atoms with Gasteiger partial charge < -0.3 is 9.47 Å². The summed E-state index contributed by atoms with van der Waals surface area (Å²) in [5.41, 5.74) is 0. The summed E-state index contributed by atoms with van der Waals surface area (Å²) in [5, 5.41) is 8.32. The van der Waals surface area contributed by atoms with E-state index in [4.69, 9.17) is 9.47 Å². The van der Waals surface area contributed by atoms with Crippen molar-refractivity contribution in [1.29, 1.82) is 5.26 Å². The smallest absolute Gasteiger partial charge is 0.348 e. The summed E-state index contributed by atoms with van der Waals surface area (Å²) < 4.78 is 127. The fraction of sp³-hybridized carbons (Fsp3) is 0.938. The minimum Gasteiger partial charge on any atom is -0.348 e. The molecule has 1 saturated heterocycles. The number of halogens is 9. The number of alkyl halides is 9. The third kappa shape index (κ3) is 4.74. The zero-order chi connectivity index (χ0) is 22.1. The lowest BCUT2D eigenvalue weighted by atomic mass is 9.83. The first-order valence-corrected chi connectivity index (χ1v) is 9.73. The van der Waals surface area contributed by atoms with Crippen LogP contribution in [0, 0.1) is 17.2 Å². The molecule has 1 unspecified atom stereocenters. The number of nitrogens with zero attached hydrogens (tertiary/aromatic N) is 1. The Balaban J connectivity index is 1.92. The van der Waals surface area contributed by atoms with Crippen molar-refractivity contribution in [3.05, 3.63) is 0 Å². The Kier molecular flexibility index (Phi) is 7.02. The second kappa shape index (κ2) is 8.34. The van der Waals surface area contributed by atoms with Crippen LogP contribution in [-0.2, 0) is 9.47 Å². The number of thioether (sulfide) groups is 1. The maximum Gasteiger partial charge on any atom is 0.460 e. The van der Waals surface area contributed by atoms with Crippen LogP contribution in [0.5, 0.6) is 0 Å². The van der Waals surface area contributed by atoms with Gasteiger partial charge in [-0.25, -0.2) is 0 Å². The highest BCUT2D eigenvalue weighted by Crippen LogP contribution is 2.54. The normalized spacial score (nSPS) is 22.6. The molecule has 1 atom stereocenters. The van der Waals surface area contributed by atoms with Crippen LogP contribution in [0.3, 0.4) is 0 Å². The standard InChI is InChI=1S/C16H18F9NO2S/c17-13(18,14(19,20)15(21,22)16(23,24)25)5-8-29-11(9-26)10-1-3-12(4-2-10)27-6-7-28-12/h10-11H,1-8H2. The van der Waals surface area contributed by atoms with Crippen molar-refractivity contribution in [2.24, 2.45) is 5.92 Å². The van der Waals surface area contributed by atoms with E-state index < -0.39 is 47.2 Å². The van der Waals surface area contributed by atoms with Crippen LogP contribution in [0.4, 0.5) is 39.5 Å². The van der Waals surface area contributed by atoms with Crippen molar-refractivity contribution in [1.82, 2.24) is 0 Å². The zero-order valence-electron chi connectivity index (χ0n) is 14.9. The van der Waals surface area contributed by atoms with Gasteiger partial charge in [-0.05, 0) is 18.8 Å². The molecule has 2 aliphatic rings. The van der Waals surface area contributed by atoms with Crippen LogP contribution in [0.15, 0.2) is 0 Å². The quantitative estimate of drug-likeness (QED) is 0.478. The molecule has 3 nitrogen and oxygen atoms in total. The fourth-order valence-corrected chi connectivity index (χ4v) is 4.57. The number of rotatable bonds is 7. The van der Waals surface area contributed by atoms with E-state index in [-0.39, 0.29) is 5.92 Å². The van der Waals surface area contributed by atoms with E-state index in [1.165, 1.54) is 0 Å². The molecule has 0 aromatic rings. The molecule has 1 saturated carbocycles. The molecule has 0 radical (unpaired) electrons. The molecule has 2 rings (SSSR count). The van der Waals surface area contributed by atoms with Gasteiger partial charge in [0.15, 0.2) is 5.79 Å². The number of ether oxygens (including phenoxy) is 2. The topological polar surface area (TPSA) is 42.2 Å². The molecule has 2 fully saturated rings. The summed E-state index contributed by atoms with van der Waals surface area (Å²) in [5.74, 6) is -21.0.